The second-order valence-corrected chi connectivity index (χ2v) is 9.10. The van der Waals surface area contributed by atoms with Crippen LogP contribution in [0.3, 0.4) is 0 Å². The van der Waals surface area contributed by atoms with E-state index in [1.54, 1.807) is 43.2 Å². The number of halogens is 4. The Kier molecular flexibility index (Phi) is 6.20. The molecular weight excluding hydrogens is 511 g/mol. The number of rotatable bonds is 5. The van der Waals surface area contributed by atoms with Crippen molar-refractivity contribution < 1.29 is 13.2 Å². The van der Waals surface area contributed by atoms with Gasteiger partial charge in [-0.3, -0.25) is 14.2 Å². The number of allylic oxidation sites excluding steroid dienone is 1. The summed E-state index contributed by atoms with van der Waals surface area (Å²) in [5, 5.41) is 8.12. The highest BCUT2D eigenvalue weighted by molar-refractivity contribution is 6.34. The fourth-order valence-electron chi connectivity index (χ4n) is 4.16. The van der Waals surface area contributed by atoms with Crippen LogP contribution in [-0.4, -0.2) is 30.1 Å². The summed E-state index contributed by atoms with van der Waals surface area (Å²) in [6, 6.07) is 4.09. The Labute approximate surface area is 212 Å². The van der Waals surface area contributed by atoms with E-state index >= 15 is 0 Å². The van der Waals surface area contributed by atoms with Gasteiger partial charge in [0.25, 0.3) is 0 Å². The third-order valence-corrected chi connectivity index (χ3v) is 6.17. The maximum absolute atomic E-state index is 13.9. The molecule has 1 aliphatic rings. The van der Waals surface area contributed by atoms with Crippen molar-refractivity contribution in [3.8, 4) is 0 Å². The molecule has 0 saturated carbocycles. The van der Waals surface area contributed by atoms with Crippen molar-refractivity contribution in [3.05, 3.63) is 91.2 Å². The molecule has 0 spiro atoms. The molecule has 190 valence electrons. The van der Waals surface area contributed by atoms with Gasteiger partial charge in [-0.1, -0.05) is 17.2 Å². The van der Waals surface area contributed by atoms with Gasteiger partial charge in [-0.25, -0.2) is 27.3 Å². The Morgan fingerprint density at radius 1 is 1.14 bits per heavy atom. The predicted octanol–water partition coefficient (Wildman–Crippen LogP) is 4.07. The van der Waals surface area contributed by atoms with Crippen LogP contribution < -0.4 is 16.7 Å². The fourth-order valence-corrected chi connectivity index (χ4v) is 4.36. The van der Waals surface area contributed by atoms with Gasteiger partial charge in [-0.05, 0) is 43.2 Å². The molecule has 0 aliphatic carbocycles. The average Bonchev–Trinajstić information content (AvgIpc) is 3.18. The number of hydrogen-bond acceptors (Lipinski definition) is 6. The van der Waals surface area contributed by atoms with Gasteiger partial charge in [0.05, 0.1) is 28.8 Å². The zero-order chi connectivity index (χ0) is 26.4. The van der Waals surface area contributed by atoms with Gasteiger partial charge >= 0.3 is 11.4 Å². The zero-order valence-electron chi connectivity index (χ0n) is 19.5. The number of fused-ring (bicyclic) bond motifs is 1. The summed E-state index contributed by atoms with van der Waals surface area (Å²) in [6.07, 6.45) is 5.15. The second kappa shape index (κ2) is 9.36. The first kappa shape index (κ1) is 24.5. The van der Waals surface area contributed by atoms with E-state index in [-0.39, 0.29) is 16.5 Å². The quantitative estimate of drug-likeness (QED) is 0.393. The molecule has 2 aromatic heterocycles. The van der Waals surface area contributed by atoms with Crippen molar-refractivity contribution in [2.24, 2.45) is 12.0 Å². The maximum Gasteiger partial charge on any atom is 0.355 e. The van der Waals surface area contributed by atoms with E-state index in [0.717, 1.165) is 32.2 Å². The van der Waals surface area contributed by atoms with Crippen molar-refractivity contribution in [1.82, 2.24) is 23.9 Å². The first-order valence-corrected chi connectivity index (χ1v) is 11.4. The number of aromatic nitrogens is 5. The Hall–Kier alpha value is -4.19. The van der Waals surface area contributed by atoms with Crippen LogP contribution in [0, 0.1) is 17.5 Å². The van der Waals surface area contributed by atoms with Crippen LogP contribution in [0.4, 0.5) is 24.8 Å². The van der Waals surface area contributed by atoms with E-state index < -0.39 is 41.4 Å². The van der Waals surface area contributed by atoms with E-state index in [0.29, 0.717) is 17.6 Å². The molecule has 13 heteroatoms. The number of aliphatic imine (C=N–C) groups is 1. The van der Waals surface area contributed by atoms with E-state index in [4.69, 9.17) is 11.6 Å². The summed E-state index contributed by atoms with van der Waals surface area (Å²) in [5.41, 5.74) is 0.0513. The lowest BCUT2D eigenvalue weighted by molar-refractivity contribution is 0.443. The van der Waals surface area contributed by atoms with Crippen LogP contribution in [0.5, 0.6) is 0 Å². The summed E-state index contributed by atoms with van der Waals surface area (Å²) >= 11 is 6.41. The summed E-state index contributed by atoms with van der Waals surface area (Å²) in [5.74, 6) is -4.68. The normalized spacial score (nSPS) is 15.3. The number of aryl methyl sites for hydroxylation is 1. The molecule has 4 aromatic rings. The summed E-state index contributed by atoms with van der Waals surface area (Å²) in [6.45, 7) is 1.38. The second-order valence-electron chi connectivity index (χ2n) is 8.69. The molecule has 9 nitrogen and oxygen atoms in total. The molecule has 0 fully saturated rings. The van der Waals surface area contributed by atoms with E-state index in [9.17, 15) is 22.8 Å². The molecule has 37 heavy (non-hydrogen) atoms. The fraction of sp³-hybridized carbons (Fsp3) is 0.208. The van der Waals surface area contributed by atoms with Gasteiger partial charge in [-0.2, -0.15) is 10.1 Å². The van der Waals surface area contributed by atoms with E-state index in [2.05, 4.69) is 20.4 Å². The van der Waals surface area contributed by atoms with Crippen molar-refractivity contribution in [2.45, 2.75) is 25.9 Å². The number of nitrogens with one attached hydrogen (secondary N) is 1. The van der Waals surface area contributed by atoms with Crippen LogP contribution in [-0.2, 0) is 13.6 Å². The minimum absolute atomic E-state index is 0.0595. The molecule has 2 aromatic carbocycles. The van der Waals surface area contributed by atoms with Gasteiger partial charge in [0.1, 0.15) is 0 Å². The first-order chi connectivity index (χ1) is 17.6. The number of nitrogens with zero attached hydrogens (tertiary/aromatic N) is 6. The van der Waals surface area contributed by atoms with Crippen molar-refractivity contribution in [3.63, 3.8) is 0 Å². The van der Waals surface area contributed by atoms with Crippen LogP contribution in [0.15, 0.2) is 56.8 Å². The van der Waals surface area contributed by atoms with E-state index in [1.807, 2.05) is 0 Å². The van der Waals surface area contributed by atoms with Crippen LogP contribution in [0.25, 0.3) is 10.9 Å². The molecule has 0 amide bonds. The molecule has 0 radical (unpaired) electrons. The topological polar surface area (TPSA) is 99.1 Å². The monoisotopic (exact) mass is 529 g/mol. The highest BCUT2D eigenvalue weighted by Gasteiger charge is 2.22. The number of hydrogen-bond donors (Lipinski definition) is 1. The van der Waals surface area contributed by atoms with Crippen molar-refractivity contribution in [1.29, 1.82) is 0 Å². The molecule has 0 bridgehead atoms. The Morgan fingerprint density at radius 2 is 1.86 bits per heavy atom. The smallest absolute Gasteiger partial charge is 0.324 e. The number of benzene rings is 2. The molecular formula is C24H19ClF3N7O2. The Bertz CT molecular complexity index is 1720. The van der Waals surface area contributed by atoms with Crippen molar-refractivity contribution in [2.75, 3.05) is 5.32 Å². The zero-order valence-corrected chi connectivity index (χ0v) is 20.3. The Balaban J connectivity index is 1.65. The number of anilines is 2. The third-order valence-electron chi connectivity index (χ3n) is 5.85. The molecule has 3 heterocycles. The standard InChI is InChI=1S/C24H19ClF3N7O2/c1-12-3-15(9-29-8-12)35-23(36)31-22(30-20-6-14-11-33(2)32-19(14)7-16(20)25)34(24(35)37)10-13-4-17(26)21(28)18(27)5-13/h4-9,11,15H,3,10H2,1-2H3,(H,30,31,36). The van der Waals surface area contributed by atoms with Crippen LogP contribution >= 0.6 is 11.6 Å². The van der Waals surface area contributed by atoms with Gasteiger partial charge in [0.15, 0.2) is 17.5 Å². The largest absolute Gasteiger partial charge is 0.355 e. The SMILES string of the molecule is CC1=CN=CC(n2c(=O)nc(Nc3cc4cn(C)nc4cc3Cl)n(Cc3cc(F)c(F)c(F)c3)c2=O)C1. The van der Waals surface area contributed by atoms with Gasteiger partial charge in [0, 0.05) is 31.0 Å². The molecule has 5 rings (SSSR count). The minimum atomic E-state index is -1.63. The molecule has 1 N–H and O–H groups in total. The first-order valence-electron chi connectivity index (χ1n) is 11.1. The van der Waals surface area contributed by atoms with E-state index in [1.165, 1.54) is 6.21 Å². The average molecular weight is 530 g/mol. The highest BCUT2D eigenvalue weighted by Crippen LogP contribution is 2.29. The van der Waals surface area contributed by atoms with Gasteiger partial charge < -0.3 is 5.32 Å². The lowest BCUT2D eigenvalue weighted by Crippen LogP contribution is -2.45. The molecule has 1 unspecified atom stereocenters. The van der Waals surface area contributed by atoms with Crippen molar-refractivity contribution >= 4 is 40.4 Å². The van der Waals surface area contributed by atoms with Gasteiger partial charge in [0.2, 0.25) is 5.95 Å². The molecule has 1 atom stereocenters. The predicted molar refractivity (Wildman–Crippen MR) is 133 cm³/mol. The maximum atomic E-state index is 13.9. The third kappa shape index (κ3) is 4.67. The Morgan fingerprint density at radius 3 is 2.57 bits per heavy atom. The van der Waals surface area contributed by atoms with Crippen LogP contribution in [0.2, 0.25) is 5.02 Å². The summed E-state index contributed by atoms with van der Waals surface area (Å²) < 4.78 is 44.9. The summed E-state index contributed by atoms with van der Waals surface area (Å²) in [7, 11) is 1.74. The lowest BCUT2D eigenvalue weighted by atomic mass is 10.1. The lowest BCUT2D eigenvalue weighted by Gasteiger charge is -2.21. The summed E-state index contributed by atoms with van der Waals surface area (Å²) in [4.78, 5) is 34.7. The van der Waals surface area contributed by atoms with Gasteiger partial charge in [-0.15, -0.1) is 0 Å². The minimum Gasteiger partial charge on any atom is -0.324 e. The molecule has 1 aliphatic heterocycles. The highest BCUT2D eigenvalue weighted by atomic mass is 35.5. The molecule has 0 saturated heterocycles. The van der Waals surface area contributed by atoms with Crippen LogP contribution in [0.1, 0.15) is 24.9 Å².